The Bertz CT molecular complexity index is 687. The molecule has 2 aromatic rings. The SMILES string of the molecule is C.COC(=O)c1cc(C(C)(C)c2ccc(OC)cc2)ccc1OC. The fourth-order valence-corrected chi connectivity index (χ4v) is 2.54. The number of carbonyl (C=O) groups is 1. The van der Waals surface area contributed by atoms with Gasteiger partial charge in [0.1, 0.15) is 17.1 Å². The molecular formula is C20H26O4. The van der Waals surface area contributed by atoms with Gasteiger partial charge in [-0.25, -0.2) is 4.79 Å². The molecule has 4 heteroatoms. The highest BCUT2D eigenvalue weighted by Gasteiger charge is 2.25. The van der Waals surface area contributed by atoms with Gasteiger partial charge in [0.2, 0.25) is 0 Å². The van der Waals surface area contributed by atoms with E-state index in [4.69, 9.17) is 14.2 Å². The minimum absolute atomic E-state index is 0. The third kappa shape index (κ3) is 3.70. The summed E-state index contributed by atoms with van der Waals surface area (Å²) >= 11 is 0. The Morgan fingerprint density at radius 2 is 1.46 bits per heavy atom. The molecule has 0 radical (unpaired) electrons. The van der Waals surface area contributed by atoms with Crippen LogP contribution in [0.25, 0.3) is 0 Å². The monoisotopic (exact) mass is 330 g/mol. The number of rotatable bonds is 5. The van der Waals surface area contributed by atoms with Crippen molar-refractivity contribution < 1.29 is 19.0 Å². The van der Waals surface area contributed by atoms with Crippen LogP contribution in [0.15, 0.2) is 42.5 Å². The van der Waals surface area contributed by atoms with E-state index in [1.165, 1.54) is 14.2 Å². The standard InChI is InChI=1S/C19H22O4.CH4/c1-19(2,13-6-9-15(21-3)10-7-13)14-8-11-17(22-4)16(12-14)18(20)23-5;/h6-12H,1-5H3;1H4. The minimum Gasteiger partial charge on any atom is -0.497 e. The first kappa shape index (κ1) is 19.6. The molecule has 0 heterocycles. The Hall–Kier alpha value is -2.49. The summed E-state index contributed by atoms with van der Waals surface area (Å²) in [6, 6.07) is 13.5. The number of hydrogen-bond donors (Lipinski definition) is 0. The maximum Gasteiger partial charge on any atom is 0.341 e. The number of carbonyl (C=O) groups excluding carboxylic acids is 1. The highest BCUT2D eigenvalue weighted by Crippen LogP contribution is 2.35. The highest BCUT2D eigenvalue weighted by atomic mass is 16.5. The normalized spacial score (nSPS) is 10.5. The van der Waals surface area contributed by atoms with Crippen molar-refractivity contribution in [2.24, 2.45) is 0 Å². The van der Waals surface area contributed by atoms with Gasteiger partial charge in [-0.3, -0.25) is 0 Å². The molecule has 0 aromatic heterocycles. The van der Waals surface area contributed by atoms with Gasteiger partial charge in [-0.1, -0.05) is 39.5 Å². The molecule has 130 valence electrons. The zero-order valence-corrected chi connectivity index (χ0v) is 14.2. The average Bonchev–Trinajstić information content (AvgIpc) is 2.60. The van der Waals surface area contributed by atoms with Gasteiger partial charge < -0.3 is 14.2 Å². The second-order valence-electron chi connectivity index (χ2n) is 5.76. The van der Waals surface area contributed by atoms with Gasteiger partial charge in [0.25, 0.3) is 0 Å². The summed E-state index contributed by atoms with van der Waals surface area (Å²) < 4.78 is 15.3. The van der Waals surface area contributed by atoms with E-state index in [0.29, 0.717) is 11.3 Å². The summed E-state index contributed by atoms with van der Waals surface area (Å²) in [4.78, 5) is 12.0. The van der Waals surface area contributed by atoms with E-state index >= 15 is 0 Å². The Morgan fingerprint density at radius 3 is 1.96 bits per heavy atom. The molecule has 24 heavy (non-hydrogen) atoms. The zero-order valence-electron chi connectivity index (χ0n) is 14.2. The average molecular weight is 330 g/mol. The Balaban J connectivity index is 0.00000288. The van der Waals surface area contributed by atoms with E-state index in [2.05, 4.69) is 13.8 Å². The first-order valence-electron chi connectivity index (χ1n) is 7.35. The second-order valence-corrected chi connectivity index (χ2v) is 5.76. The molecule has 0 bridgehead atoms. The quantitative estimate of drug-likeness (QED) is 0.760. The second kappa shape index (κ2) is 7.86. The summed E-state index contributed by atoms with van der Waals surface area (Å²) in [6.07, 6.45) is 0. The van der Waals surface area contributed by atoms with Crippen molar-refractivity contribution in [2.75, 3.05) is 21.3 Å². The van der Waals surface area contributed by atoms with Crippen molar-refractivity contribution in [3.05, 3.63) is 59.2 Å². The third-order valence-corrected chi connectivity index (χ3v) is 4.14. The molecule has 0 aliphatic heterocycles. The molecule has 0 saturated heterocycles. The van der Waals surface area contributed by atoms with Gasteiger partial charge in [-0.2, -0.15) is 0 Å². The number of benzene rings is 2. The molecular weight excluding hydrogens is 304 g/mol. The lowest BCUT2D eigenvalue weighted by atomic mass is 9.77. The van der Waals surface area contributed by atoms with Crippen molar-refractivity contribution in [2.45, 2.75) is 26.7 Å². The van der Waals surface area contributed by atoms with E-state index in [-0.39, 0.29) is 12.8 Å². The van der Waals surface area contributed by atoms with Crippen LogP contribution < -0.4 is 9.47 Å². The number of ether oxygens (including phenoxy) is 3. The van der Waals surface area contributed by atoms with E-state index < -0.39 is 5.97 Å². The fourth-order valence-electron chi connectivity index (χ4n) is 2.54. The van der Waals surface area contributed by atoms with Crippen LogP contribution in [0, 0.1) is 0 Å². The summed E-state index contributed by atoms with van der Waals surface area (Å²) in [6.45, 7) is 4.22. The first-order valence-corrected chi connectivity index (χ1v) is 7.35. The van der Waals surface area contributed by atoms with Gasteiger partial charge in [-0.05, 0) is 35.4 Å². The lowest BCUT2D eigenvalue weighted by Crippen LogP contribution is -2.20. The van der Waals surface area contributed by atoms with Crippen LogP contribution in [0.3, 0.4) is 0 Å². The van der Waals surface area contributed by atoms with Gasteiger partial charge >= 0.3 is 5.97 Å². The van der Waals surface area contributed by atoms with Crippen LogP contribution in [0.2, 0.25) is 0 Å². The van der Waals surface area contributed by atoms with Gasteiger partial charge in [0.05, 0.1) is 21.3 Å². The number of methoxy groups -OCH3 is 3. The molecule has 0 amide bonds. The molecule has 2 rings (SSSR count). The minimum atomic E-state index is -0.408. The molecule has 0 atom stereocenters. The van der Waals surface area contributed by atoms with Gasteiger partial charge in [0, 0.05) is 5.41 Å². The third-order valence-electron chi connectivity index (χ3n) is 4.14. The summed E-state index contributed by atoms with van der Waals surface area (Å²) in [5.41, 5.74) is 2.28. The van der Waals surface area contributed by atoms with Crippen LogP contribution in [0.5, 0.6) is 11.5 Å². The summed E-state index contributed by atoms with van der Waals surface area (Å²) in [5, 5.41) is 0. The van der Waals surface area contributed by atoms with Crippen LogP contribution >= 0.6 is 0 Å². The molecule has 0 saturated carbocycles. The number of hydrogen-bond acceptors (Lipinski definition) is 4. The predicted molar refractivity (Wildman–Crippen MR) is 96.2 cm³/mol. The molecule has 4 nitrogen and oxygen atoms in total. The highest BCUT2D eigenvalue weighted by molar-refractivity contribution is 5.92. The van der Waals surface area contributed by atoms with E-state index in [1.54, 1.807) is 13.2 Å². The zero-order chi connectivity index (χ0) is 17.0. The molecule has 0 aliphatic carbocycles. The Labute approximate surface area is 144 Å². The molecule has 0 N–H and O–H groups in total. The summed E-state index contributed by atoms with van der Waals surface area (Å²) in [7, 11) is 4.55. The maximum atomic E-state index is 12.0. The first-order chi connectivity index (χ1) is 10.9. The molecule has 2 aromatic carbocycles. The van der Waals surface area contributed by atoms with Gasteiger partial charge in [0.15, 0.2) is 0 Å². The molecule has 0 unspecified atom stereocenters. The predicted octanol–water partition coefficient (Wildman–Crippen LogP) is 4.45. The Morgan fingerprint density at radius 1 is 0.875 bits per heavy atom. The van der Waals surface area contributed by atoms with Crippen LogP contribution in [0.4, 0.5) is 0 Å². The van der Waals surface area contributed by atoms with Crippen LogP contribution in [0.1, 0.15) is 42.8 Å². The molecule has 0 spiro atoms. The lowest BCUT2D eigenvalue weighted by molar-refractivity contribution is 0.0597. The van der Waals surface area contributed by atoms with Crippen molar-refractivity contribution in [1.29, 1.82) is 0 Å². The van der Waals surface area contributed by atoms with E-state index in [1.807, 2.05) is 36.4 Å². The van der Waals surface area contributed by atoms with Gasteiger partial charge in [-0.15, -0.1) is 0 Å². The topological polar surface area (TPSA) is 44.8 Å². The van der Waals surface area contributed by atoms with Crippen molar-refractivity contribution in [3.8, 4) is 11.5 Å². The fraction of sp³-hybridized carbons (Fsp3) is 0.350. The summed E-state index contributed by atoms with van der Waals surface area (Å²) in [5.74, 6) is 0.912. The lowest BCUT2D eigenvalue weighted by Gasteiger charge is -2.27. The number of esters is 1. The van der Waals surface area contributed by atoms with Crippen molar-refractivity contribution in [1.82, 2.24) is 0 Å². The molecule has 0 aliphatic rings. The van der Waals surface area contributed by atoms with E-state index in [9.17, 15) is 4.79 Å². The van der Waals surface area contributed by atoms with Crippen molar-refractivity contribution in [3.63, 3.8) is 0 Å². The van der Waals surface area contributed by atoms with Crippen molar-refractivity contribution >= 4 is 5.97 Å². The smallest absolute Gasteiger partial charge is 0.341 e. The van der Waals surface area contributed by atoms with Crippen LogP contribution in [-0.4, -0.2) is 27.3 Å². The largest absolute Gasteiger partial charge is 0.497 e. The molecule has 0 fully saturated rings. The maximum absolute atomic E-state index is 12.0. The Kier molecular flexibility index (Phi) is 6.41. The van der Waals surface area contributed by atoms with Crippen LogP contribution in [-0.2, 0) is 10.2 Å². The van der Waals surface area contributed by atoms with E-state index in [0.717, 1.165) is 16.9 Å².